The average molecular weight is 369 g/mol. The van der Waals surface area contributed by atoms with E-state index in [1.54, 1.807) is 14.2 Å². The molecule has 148 valence electrons. The van der Waals surface area contributed by atoms with Gasteiger partial charge in [0.05, 0.1) is 14.2 Å². The van der Waals surface area contributed by atoms with Crippen molar-refractivity contribution in [1.29, 1.82) is 0 Å². The third-order valence-electron chi connectivity index (χ3n) is 5.03. The average Bonchev–Trinajstić information content (AvgIpc) is 2.52. The number of rotatable bonds is 4. The molecule has 0 spiro atoms. The van der Waals surface area contributed by atoms with E-state index in [9.17, 15) is 0 Å². The van der Waals surface area contributed by atoms with E-state index >= 15 is 0 Å². The van der Waals surface area contributed by atoms with Gasteiger partial charge in [0.2, 0.25) is 0 Å². The van der Waals surface area contributed by atoms with Gasteiger partial charge in [-0.15, -0.1) is 0 Å². The van der Waals surface area contributed by atoms with Crippen molar-refractivity contribution in [2.24, 2.45) is 0 Å². The second kappa shape index (κ2) is 7.58. The van der Waals surface area contributed by atoms with E-state index in [2.05, 4.69) is 79.7 Å². The number of aryl methyl sites for hydroxylation is 2. The van der Waals surface area contributed by atoms with Gasteiger partial charge >= 0.3 is 0 Å². The molecule has 0 heterocycles. The van der Waals surface area contributed by atoms with E-state index in [4.69, 9.17) is 9.47 Å². The van der Waals surface area contributed by atoms with Gasteiger partial charge in [0.15, 0.2) is 0 Å². The molecule has 0 unspecified atom stereocenters. The molecule has 0 aliphatic heterocycles. The lowest BCUT2D eigenvalue weighted by Gasteiger charge is -2.27. The molecule has 0 N–H and O–H groups in total. The van der Waals surface area contributed by atoms with Gasteiger partial charge in [0.1, 0.15) is 11.5 Å². The van der Waals surface area contributed by atoms with E-state index in [1.165, 1.54) is 33.4 Å². The lowest BCUT2D eigenvalue weighted by atomic mass is 9.81. The largest absolute Gasteiger partial charge is 0.496 e. The highest BCUT2D eigenvalue weighted by Gasteiger charge is 2.25. The van der Waals surface area contributed by atoms with E-state index in [-0.39, 0.29) is 10.8 Å². The Morgan fingerprint density at radius 3 is 1.22 bits per heavy atom. The molecule has 2 aromatic carbocycles. The monoisotopic (exact) mass is 368 g/mol. The Hall–Kier alpha value is -1.96. The Morgan fingerprint density at radius 1 is 0.630 bits per heavy atom. The Labute approximate surface area is 165 Å². The first kappa shape index (κ1) is 21.3. The topological polar surface area (TPSA) is 18.5 Å². The molecule has 0 atom stereocenters. The van der Waals surface area contributed by atoms with Crippen molar-refractivity contribution in [3.8, 4) is 11.5 Å². The zero-order valence-corrected chi connectivity index (χ0v) is 18.8. The molecule has 27 heavy (non-hydrogen) atoms. The summed E-state index contributed by atoms with van der Waals surface area (Å²) in [5.74, 6) is 1.99. The fourth-order valence-electron chi connectivity index (χ4n) is 3.76. The number of methoxy groups -OCH3 is 2. The first-order valence-electron chi connectivity index (χ1n) is 9.74. The smallest absolute Gasteiger partial charge is 0.126 e. The highest BCUT2D eigenvalue weighted by molar-refractivity contribution is 5.54. The summed E-state index contributed by atoms with van der Waals surface area (Å²) < 4.78 is 11.8. The van der Waals surface area contributed by atoms with Gasteiger partial charge in [-0.2, -0.15) is 0 Å². The lowest BCUT2D eigenvalue weighted by Crippen LogP contribution is -2.16. The normalized spacial score (nSPS) is 12.2. The molecule has 0 radical (unpaired) electrons. The van der Waals surface area contributed by atoms with Gasteiger partial charge in [-0.25, -0.2) is 0 Å². The maximum absolute atomic E-state index is 5.89. The minimum atomic E-state index is 0.0272. The minimum Gasteiger partial charge on any atom is -0.496 e. The van der Waals surface area contributed by atoms with E-state index in [1.807, 2.05) is 0 Å². The molecule has 0 aliphatic rings. The van der Waals surface area contributed by atoms with Gasteiger partial charge < -0.3 is 9.47 Å². The Morgan fingerprint density at radius 2 is 0.963 bits per heavy atom. The first-order chi connectivity index (χ1) is 12.4. The predicted octanol–water partition coefficient (Wildman–Crippen LogP) is 6.51. The molecular formula is C25H36O2. The molecule has 0 aromatic heterocycles. The zero-order valence-electron chi connectivity index (χ0n) is 18.8. The second-order valence-corrected chi connectivity index (χ2v) is 9.69. The number of hydrogen-bond donors (Lipinski definition) is 0. The highest BCUT2D eigenvalue weighted by Crippen LogP contribution is 2.40. The van der Waals surface area contributed by atoms with Crippen LogP contribution in [0.25, 0.3) is 0 Å². The fraction of sp³-hybridized carbons (Fsp3) is 0.520. The van der Waals surface area contributed by atoms with Crippen LogP contribution in [0.15, 0.2) is 24.3 Å². The van der Waals surface area contributed by atoms with Crippen LogP contribution in [0.5, 0.6) is 11.5 Å². The van der Waals surface area contributed by atoms with Crippen LogP contribution in [-0.4, -0.2) is 14.2 Å². The van der Waals surface area contributed by atoms with E-state index in [0.717, 1.165) is 17.9 Å². The van der Waals surface area contributed by atoms with Crippen molar-refractivity contribution in [3.63, 3.8) is 0 Å². The van der Waals surface area contributed by atoms with E-state index < -0.39 is 0 Å². The number of hydrogen-bond acceptors (Lipinski definition) is 2. The van der Waals surface area contributed by atoms with Crippen molar-refractivity contribution in [2.45, 2.75) is 72.6 Å². The van der Waals surface area contributed by atoms with Crippen molar-refractivity contribution in [2.75, 3.05) is 14.2 Å². The summed E-state index contributed by atoms with van der Waals surface area (Å²) in [6.07, 6.45) is 0.794. The van der Waals surface area contributed by atoms with Crippen LogP contribution in [0, 0.1) is 13.8 Å². The van der Waals surface area contributed by atoms with Gasteiger partial charge in [-0.3, -0.25) is 0 Å². The summed E-state index contributed by atoms with van der Waals surface area (Å²) in [6, 6.07) is 8.98. The van der Waals surface area contributed by atoms with Gasteiger partial charge in [-0.05, 0) is 35.8 Å². The molecule has 2 rings (SSSR count). The summed E-state index contributed by atoms with van der Waals surface area (Å²) in [6.45, 7) is 17.7. The van der Waals surface area contributed by atoms with Gasteiger partial charge in [0.25, 0.3) is 0 Å². The molecular weight excluding hydrogens is 332 g/mol. The maximum atomic E-state index is 5.89. The summed E-state index contributed by atoms with van der Waals surface area (Å²) in [4.78, 5) is 0. The Bertz CT molecular complexity index is 748. The lowest BCUT2D eigenvalue weighted by molar-refractivity contribution is 0.388. The van der Waals surface area contributed by atoms with Crippen LogP contribution < -0.4 is 9.47 Å². The first-order valence-corrected chi connectivity index (χ1v) is 9.74. The van der Waals surface area contributed by atoms with Crippen LogP contribution in [0.4, 0.5) is 0 Å². The molecule has 0 aliphatic carbocycles. The summed E-state index contributed by atoms with van der Waals surface area (Å²) in [5.41, 5.74) is 7.51. The number of ether oxygens (including phenoxy) is 2. The minimum absolute atomic E-state index is 0.0272. The third kappa shape index (κ3) is 4.66. The third-order valence-corrected chi connectivity index (χ3v) is 5.03. The molecule has 0 saturated heterocycles. The zero-order chi connectivity index (χ0) is 20.6. The molecule has 0 saturated carbocycles. The Kier molecular flexibility index (Phi) is 5.99. The quantitative estimate of drug-likeness (QED) is 0.612. The second-order valence-electron chi connectivity index (χ2n) is 9.69. The van der Waals surface area contributed by atoms with Crippen LogP contribution in [0.2, 0.25) is 0 Å². The van der Waals surface area contributed by atoms with Crippen LogP contribution >= 0.6 is 0 Å². The highest BCUT2D eigenvalue weighted by atomic mass is 16.5. The molecule has 2 aromatic rings. The standard InChI is InChI=1S/C25H36O2/c1-16-11-18(22(26-9)20(13-16)24(3,4)5)15-19-12-17(2)14-21(23(19)27-10)25(6,7)8/h11-14H,15H2,1-10H3. The van der Waals surface area contributed by atoms with Crippen LogP contribution in [0.1, 0.15) is 74.9 Å². The maximum Gasteiger partial charge on any atom is 0.126 e. The molecule has 0 amide bonds. The Balaban J connectivity index is 2.68. The molecule has 2 nitrogen and oxygen atoms in total. The molecule has 0 fully saturated rings. The fourth-order valence-corrected chi connectivity index (χ4v) is 3.76. The predicted molar refractivity (Wildman–Crippen MR) is 116 cm³/mol. The summed E-state index contributed by atoms with van der Waals surface area (Å²) in [5, 5.41) is 0. The van der Waals surface area contributed by atoms with E-state index in [0.29, 0.717) is 0 Å². The van der Waals surface area contributed by atoms with Crippen molar-refractivity contribution in [1.82, 2.24) is 0 Å². The number of benzene rings is 2. The van der Waals surface area contributed by atoms with Gasteiger partial charge in [-0.1, -0.05) is 76.9 Å². The molecule has 2 heteroatoms. The van der Waals surface area contributed by atoms with Crippen molar-refractivity contribution >= 4 is 0 Å². The summed E-state index contributed by atoms with van der Waals surface area (Å²) in [7, 11) is 3.55. The van der Waals surface area contributed by atoms with Gasteiger partial charge in [0, 0.05) is 17.5 Å². The van der Waals surface area contributed by atoms with Crippen LogP contribution in [0.3, 0.4) is 0 Å². The van der Waals surface area contributed by atoms with Crippen molar-refractivity contribution < 1.29 is 9.47 Å². The van der Waals surface area contributed by atoms with Crippen molar-refractivity contribution in [3.05, 3.63) is 57.6 Å². The summed E-state index contributed by atoms with van der Waals surface area (Å²) >= 11 is 0. The van der Waals surface area contributed by atoms with Crippen LogP contribution in [-0.2, 0) is 17.3 Å². The molecule has 0 bridgehead atoms. The SMILES string of the molecule is COc1c(Cc2cc(C)cc(C(C)(C)C)c2OC)cc(C)cc1C(C)(C)C.